The minimum absolute atomic E-state index is 0.114. The number of piperazine rings is 1. The summed E-state index contributed by atoms with van der Waals surface area (Å²) < 4.78 is 26.6. The minimum atomic E-state index is -0.657. The average molecular weight is 267 g/mol. The SMILES string of the molecule is Fc1ccc(N2CCN(C3CCCC3F)CC2)nc1. The maximum absolute atomic E-state index is 13.7. The lowest BCUT2D eigenvalue weighted by Gasteiger charge is -2.39. The quantitative estimate of drug-likeness (QED) is 0.819. The van der Waals surface area contributed by atoms with Crippen LogP contribution in [-0.4, -0.2) is 48.3 Å². The standard InChI is InChI=1S/C14H19F2N3/c15-11-4-5-14(17-10-11)19-8-6-18(7-9-19)13-3-1-2-12(13)16/h4-5,10,12-13H,1-3,6-9H2. The fourth-order valence-electron chi connectivity index (χ4n) is 3.14. The number of anilines is 1. The van der Waals surface area contributed by atoms with E-state index < -0.39 is 6.17 Å². The van der Waals surface area contributed by atoms with Crippen molar-refractivity contribution in [2.75, 3.05) is 31.1 Å². The number of nitrogens with zero attached hydrogens (tertiary/aromatic N) is 3. The van der Waals surface area contributed by atoms with Crippen LogP contribution in [0.25, 0.3) is 0 Å². The van der Waals surface area contributed by atoms with Gasteiger partial charge in [0.1, 0.15) is 17.8 Å². The van der Waals surface area contributed by atoms with E-state index in [1.165, 1.54) is 12.3 Å². The van der Waals surface area contributed by atoms with Gasteiger partial charge in [0.2, 0.25) is 0 Å². The molecule has 0 bridgehead atoms. The molecule has 0 aromatic carbocycles. The fourth-order valence-corrected chi connectivity index (χ4v) is 3.14. The summed E-state index contributed by atoms with van der Waals surface area (Å²) in [6, 6.07) is 3.25. The van der Waals surface area contributed by atoms with Crippen molar-refractivity contribution in [2.45, 2.75) is 31.5 Å². The Morgan fingerprint density at radius 1 is 1.11 bits per heavy atom. The van der Waals surface area contributed by atoms with Gasteiger partial charge in [-0.05, 0) is 31.4 Å². The number of alkyl halides is 1. The molecule has 0 N–H and O–H groups in total. The van der Waals surface area contributed by atoms with Gasteiger partial charge in [-0.1, -0.05) is 0 Å². The Bertz CT molecular complexity index is 415. The first-order chi connectivity index (χ1) is 9.24. The molecule has 2 aliphatic rings. The number of hydrogen-bond donors (Lipinski definition) is 0. The van der Waals surface area contributed by atoms with Gasteiger partial charge in [-0.3, -0.25) is 4.90 Å². The van der Waals surface area contributed by atoms with E-state index in [1.54, 1.807) is 6.07 Å². The van der Waals surface area contributed by atoms with Gasteiger partial charge in [-0.2, -0.15) is 0 Å². The number of hydrogen-bond acceptors (Lipinski definition) is 3. The highest BCUT2D eigenvalue weighted by Gasteiger charge is 2.33. The van der Waals surface area contributed by atoms with Gasteiger partial charge in [0, 0.05) is 32.2 Å². The van der Waals surface area contributed by atoms with E-state index in [1.807, 2.05) is 0 Å². The molecule has 5 heteroatoms. The van der Waals surface area contributed by atoms with Crippen LogP contribution in [0.5, 0.6) is 0 Å². The number of aromatic nitrogens is 1. The van der Waals surface area contributed by atoms with Gasteiger partial charge in [-0.15, -0.1) is 0 Å². The van der Waals surface area contributed by atoms with E-state index in [9.17, 15) is 8.78 Å². The summed E-state index contributed by atoms with van der Waals surface area (Å²) in [4.78, 5) is 8.50. The molecule has 1 aliphatic heterocycles. The second kappa shape index (κ2) is 5.41. The molecule has 2 unspecified atom stereocenters. The molecule has 1 saturated heterocycles. The normalized spacial score (nSPS) is 28.8. The molecule has 1 saturated carbocycles. The molecular weight excluding hydrogens is 248 g/mol. The first kappa shape index (κ1) is 12.8. The summed E-state index contributed by atoms with van der Waals surface area (Å²) in [6.45, 7) is 3.40. The monoisotopic (exact) mass is 267 g/mol. The largest absolute Gasteiger partial charge is 0.354 e. The van der Waals surface area contributed by atoms with E-state index in [0.29, 0.717) is 6.42 Å². The number of rotatable bonds is 2. The molecule has 1 aliphatic carbocycles. The summed E-state index contributed by atoms with van der Waals surface area (Å²) in [6.07, 6.45) is 3.29. The molecule has 1 aromatic heterocycles. The molecule has 3 rings (SSSR count). The molecular formula is C14H19F2N3. The lowest BCUT2D eigenvalue weighted by Crippen LogP contribution is -2.52. The van der Waals surface area contributed by atoms with E-state index in [-0.39, 0.29) is 11.9 Å². The van der Waals surface area contributed by atoms with Gasteiger partial charge in [0.15, 0.2) is 0 Å². The maximum Gasteiger partial charge on any atom is 0.141 e. The number of pyridine rings is 1. The Morgan fingerprint density at radius 2 is 1.89 bits per heavy atom. The van der Waals surface area contributed by atoms with Gasteiger partial charge in [0.25, 0.3) is 0 Å². The summed E-state index contributed by atoms with van der Waals surface area (Å²) >= 11 is 0. The summed E-state index contributed by atoms with van der Waals surface area (Å²) in [5.74, 6) is 0.498. The van der Waals surface area contributed by atoms with Crippen molar-refractivity contribution in [1.29, 1.82) is 0 Å². The molecule has 104 valence electrons. The Kier molecular flexibility index (Phi) is 3.64. The second-order valence-electron chi connectivity index (χ2n) is 5.37. The van der Waals surface area contributed by atoms with Crippen LogP contribution in [0.15, 0.2) is 18.3 Å². The molecule has 0 spiro atoms. The van der Waals surface area contributed by atoms with Crippen LogP contribution in [0.2, 0.25) is 0 Å². The highest BCUT2D eigenvalue weighted by Crippen LogP contribution is 2.28. The van der Waals surface area contributed by atoms with Crippen molar-refractivity contribution < 1.29 is 8.78 Å². The van der Waals surface area contributed by atoms with Crippen LogP contribution < -0.4 is 4.90 Å². The highest BCUT2D eigenvalue weighted by atomic mass is 19.1. The summed E-state index contributed by atoms with van der Waals surface area (Å²) in [5, 5.41) is 0. The smallest absolute Gasteiger partial charge is 0.141 e. The molecule has 1 aromatic rings. The van der Waals surface area contributed by atoms with Crippen molar-refractivity contribution in [3.8, 4) is 0 Å². The third-order valence-electron chi connectivity index (χ3n) is 4.22. The van der Waals surface area contributed by atoms with Crippen LogP contribution in [0.4, 0.5) is 14.6 Å². The Balaban J connectivity index is 1.58. The van der Waals surface area contributed by atoms with E-state index in [4.69, 9.17) is 0 Å². The molecule has 3 nitrogen and oxygen atoms in total. The zero-order valence-corrected chi connectivity index (χ0v) is 10.9. The Morgan fingerprint density at radius 3 is 2.47 bits per heavy atom. The predicted octanol–water partition coefficient (Wildman–Crippen LogP) is 2.23. The third-order valence-corrected chi connectivity index (χ3v) is 4.22. The van der Waals surface area contributed by atoms with Gasteiger partial charge in [-0.25, -0.2) is 13.8 Å². The van der Waals surface area contributed by atoms with Crippen molar-refractivity contribution >= 4 is 5.82 Å². The van der Waals surface area contributed by atoms with E-state index >= 15 is 0 Å². The Labute approximate surface area is 112 Å². The average Bonchev–Trinajstić information content (AvgIpc) is 2.86. The van der Waals surface area contributed by atoms with Crippen LogP contribution >= 0.6 is 0 Å². The van der Waals surface area contributed by atoms with E-state index in [2.05, 4.69) is 14.8 Å². The first-order valence-corrected chi connectivity index (χ1v) is 6.98. The molecule has 19 heavy (non-hydrogen) atoms. The molecule has 2 atom stereocenters. The predicted molar refractivity (Wildman–Crippen MR) is 70.5 cm³/mol. The Hall–Kier alpha value is -1.23. The minimum Gasteiger partial charge on any atom is -0.354 e. The molecule has 2 heterocycles. The summed E-state index contributed by atoms with van der Waals surface area (Å²) in [7, 11) is 0. The third kappa shape index (κ3) is 2.71. The van der Waals surface area contributed by atoms with Gasteiger partial charge in [0.05, 0.1) is 6.20 Å². The molecule has 0 amide bonds. The molecule has 0 radical (unpaired) electrons. The summed E-state index contributed by atoms with van der Waals surface area (Å²) in [5.41, 5.74) is 0. The second-order valence-corrected chi connectivity index (χ2v) is 5.37. The van der Waals surface area contributed by atoms with Gasteiger partial charge >= 0.3 is 0 Å². The van der Waals surface area contributed by atoms with E-state index in [0.717, 1.165) is 44.8 Å². The lowest BCUT2D eigenvalue weighted by atomic mass is 10.1. The molecule has 2 fully saturated rings. The topological polar surface area (TPSA) is 19.4 Å². The lowest BCUT2D eigenvalue weighted by molar-refractivity contribution is 0.124. The zero-order chi connectivity index (χ0) is 13.2. The first-order valence-electron chi connectivity index (χ1n) is 6.98. The van der Waals surface area contributed by atoms with Crippen molar-refractivity contribution in [3.63, 3.8) is 0 Å². The zero-order valence-electron chi connectivity index (χ0n) is 10.9. The van der Waals surface area contributed by atoms with Crippen LogP contribution in [-0.2, 0) is 0 Å². The number of halogens is 2. The van der Waals surface area contributed by atoms with Crippen molar-refractivity contribution in [3.05, 3.63) is 24.1 Å². The van der Waals surface area contributed by atoms with Gasteiger partial charge < -0.3 is 4.90 Å². The van der Waals surface area contributed by atoms with Crippen LogP contribution in [0.3, 0.4) is 0 Å². The maximum atomic E-state index is 13.7. The van der Waals surface area contributed by atoms with Crippen LogP contribution in [0.1, 0.15) is 19.3 Å². The highest BCUT2D eigenvalue weighted by molar-refractivity contribution is 5.38. The van der Waals surface area contributed by atoms with Crippen molar-refractivity contribution in [2.24, 2.45) is 0 Å². The van der Waals surface area contributed by atoms with Crippen molar-refractivity contribution in [1.82, 2.24) is 9.88 Å². The fraction of sp³-hybridized carbons (Fsp3) is 0.643. The van der Waals surface area contributed by atoms with Crippen LogP contribution in [0, 0.1) is 5.82 Å².